The smallest absolute Gasteiger partial charge is 0.255 e. The number of nitrogens with zero attached hydrogens (tertiary/aromatic N) is 1. The van der Waals surface area contributed by atoms with Crippen LogP contribution in [0.25, 0.3) is 0 Å². The molecule has 144 valence electrons. The maximum absolute atomic E-state index is 13.8. The van der Waals surface area contributed by atoms with E-state index < -0.39 is 21.6 Å². The standard InChI is InChI=1S/C19H20ClFN2O3S/c1-27(25,26)18-11-13(5-7-15(18)20)19(24)22-16-12-14(21)6-8-17(16)23-9-3-2-4-10-23/h5-8,11-12H,2-4,9-10H2,1H3,(H,22,24). The highest BCUT2D eigenvalue weighted by atomic mass is 35.5. The lowest BCUT2D eigenvalue weighted by molar-refractivity contribution is 0.102. The van der Waals surface area contributed by atoms with Crippen molar-refractivity contribution < 1.29 is 17.6 Å². The van der Waals surface area contributed by atoms with Crippen molar-refractivity contribution in [3.63, 3.8) is 0 Å². The van der Waals surface area contributed by atoms with Gasteiger partial charge in [-0.2, -0.15) is 0 Å². The van der Waals surface area contributed by atoms with Crippen LogP contribution in [-0.2, 0) is 9.84 Å². The van der Waals surface area contributed by atoms with Crippen LogP contribution in [0.1, 0.15) is 29.6 Å². The summed E-state index contributed by atoms with van der Waals surface area (Å²) in [6.45, 7) is 1.68. The van der Waals surface area contributed by atoms with Crippen molar-refractivity contribution in [3.05, 3.63) is 52.8 Å². The number of carbonyl (C=O) groups excluding carboxylic acids is 1. The Kier molecular flexibility index (Phi) is 5.72. The summed E-state index contributed by atoms with van der Waals surface area (Å²) in [5.41, 5.74) is 1.24. The molecule has 3 rings (SSSR count). The van der Waals surface area contributed by atoms with E-state index in [0.29, 0.717) is 5.69 Å². The molecule has 0 aromatic heterocycles. The highest BCUT2D eigenvalue weighted by molar-refractivity contribution is 7.90. The number of anilines is 2. The molecule has 2 aromatic rings. The number of rotatable bonds is 4. The van der Waals surface area contributed by atoms with Crippen LogP contribution < -0.4 is 10.2 Å². The number of hydrogen-bond acceptors (Lipinski definition) is 4. The van der Waals surface area contributed by atoms with Crippen molar-refractivity contribution in [2.45, 2.75) is 24.2 Å². The molecule has 0 bridgehead atoms. The van der Waals surface area contributed by atoms with E-state index in [4.69, 9.17) is 11.6 Å². The van der Waals surface area contributed by atoms with Crippen LogP contribution in [0.15, 0.2) is 41.3 Å². The van der Waals surface area contributed by atoms with Crippen LogP contribution in [0.3, 0.4) is 0 Å². The van der Waals surface area contributed by atoms with Gasteiger partial charge in [-0.15, -0.1) is 0 Å². The largest absolute Gasteiger partial charge is 0.370 e. The Hall–Kier alpha value is -2.12. The van der Waals surface area contributed by atoms with Gasteiger partial charge in [0.05, 0.1) is 21.3 Å². The van der Waals surface area contributed by atoms with Crippen molar-refractivity contribution in [1.82, 2.24) is 0 Å². The molecule has 1 aliphatic rings. The average molecular weight is 411 g/mol. The summed E-state index contributed by atoms with van der Waals surface area (Å²) in [7, 11) is -3.57. The van der Waals surface area contributed by atoms with E-state index in [1.807, 2.05) is 0 Å². The molecule has 1 heterocycles. The highest BCUT2D eigenvalue weighted by Crippen LogP contribution is 2.30. The second-order valence-corrected chi connectivity index (χ2v) is 8.97. The van der Waals surface area contributed by atoms with E-state index in [1.165, 1.54) is 30.3 Å². The van der Waals surface area contributed by atoms with Gasteiger partial charge in [-0.05, 0) is 55.7 Å². The maximum atomic E-state index is 13.8. The molecule has 1 amide bonds. The molecule has 1 N–H and O–H groups in total. The fraction of sp³-hybridized carbons (Fsp3) is 0.316. The molecule has 0 radical (unpaired) electrons. The van der Waals surface area contributed by atoms with Crippen molar-refractivity contribution in [1.29, 1.82) is 0 Å². The van der Waals surface area contributed by atoms with Gasteiger partial charge in [0.1, 0.15) is 5.82 Å². The predicted molar refractivity (Wildman–Crippen MR) is 105 cm³/mol. The maximum Gasteiger partial charge on any atom is 0.255 e. The predicted octanol–water partition coefficient (Wildman–Crippen LogP) is 4.13. The number of halogens is 2. The minimum Gasteiger partial charge on any atom is -0.370 e. The van der Waals surface area contributed by atoms with Crippen molar-refractivity contribution >= 4 is 38.7 Å². The molecule has 1 fully saturated rings. The lowest BCUT2D eigenvalue weighted by atomic mass is 10.1. The molecular formula is C19H20ClFN2O3S. The van der Waals surface area contributed by atoms with Crippen LogP contribution in [0.5, 0.6) is 0 Å². The van der Waals surface area contributed by atoms with Crippen molar-refractivity contribution in [3.8, 4) is 0 Å². The Morgan fingerprint density at radius 3 is 2.48 bits per heavy atom. The fourth-order valence-corrected chi connectivity index (χ4v) is 4.44. The van der Waals surface area contributed by atoms with Crippen molar-refractivity contribution in [2.24, 2.45) is 0 Å². The van der Waals surface area contributed by atoms with Gasteiger partial charge in [0.2, 0.25) is 0 Å². The average Bonchev–Trinajstić information content (AvgIpc) is 2.62. The zero-order valence-corrected chi connectivity index (χ0v) is 16.4. The third kappa shape index (κ3) is 4.59. The van der Waals surface area contributed by atoms with Gasteiger partial charge in [0.25, 0.3) is 5.91 Å². The summed E-state index contributed by atoms with van der Waals surface area (Å²) in [4.78, 5) is 14.7. The number of carbonyl (C=O) groups is 1. The third-order valence-corrected chi connectivity index (χ3v) is 6.07. The Morgan fingerprint density at radius 1 is 1.11 bits per heavy atom. The summed E-state index contributed by atoms with van der Waals surface area (Å²) in [6, 6.07) is 8.32. The molecule has 0 aliphatic carbocycles. The molecule has 0 unspecified atom stereocenters. The van der Waals surface area contributed by atoms with E-state index in [2.05, 4.69) is 10.2 Å². The van der Waals surface area contributed by atoms with Gasteiger partial charge in [-0.25, -0.2) is 12.8 Å². The Labute approximate surface area is 163 Å². The third-order valence-electron chi connectivity index (χ3n) is 4.50. The first-order chi connectivity index (χ1) is 12.8. The second-order valence-electron chi connectivity index (χ2n) is 6.58. The Bertz CT molecular complexity index is 973. The van der Waals surface area contributed by atoms with Crippen molar-refractivity contribution in [2.75, 3.05) is 29.6 Å². The van der Waals surface area contributed by atoms with E-state index in [1.54, 1.807) is 6.07 Å². The molecular weight excluding hydrogens is 391 g/mol. The summed E-state index contributed by atoms with van der Waals surface area (Å²) >= 11 is 5.93. The van der Waals surface area contributed by atoms with Gasteiger partial charge in [-0.1, -0.05) is 11.6 Å². The van der Waals surface area contributed by atoms with Gasteiger partial charge in [-0.3, -0.25) is 4.79 Å². The van der Waals surface area contributed by atoms with E-state index >= 15 is 0 Å². The zero-order valence-electron chi connectivity index (χ0n) is 14.8. The quantitative estimate of drug-likeness (QED) is 0.823. The molecule has 0 atom stereocenters. The first-order valence-corrected chi connectivity index (χ1v) is 10.9. The molecule has 27 heavy (non-hydrogen) atoms. The topological polar surface area (TPSA) is 66.5 Å². The fourth-order valence-electron chi connectivity index (χ4n) is 3.14. The van der Waals surface area contributed by atoms with Crippen LogP contribution in [0.2, 0.25) is 5.02 Å². The molecule has 1 saturated heterocycles. The SMILES string of the molecule is CS(=O)(=O)c1cc(C(=O)Nc2cc(F)ccc2N2CCCCC2)ccc1Cl. The number of benzene rings is 2. The molecule has 0 saturated carbocycles. The van der Waals surface area contributed by atoms with E-state index in [-0.39, 0.29) is 15.5 Å². The van der Waals surface area contributed by atoms with Gasteiger partial charge in [0.15, 0.2) is 9.84 Å². The van der Waals surface area contributed by atoms with Crippen LogP contribution in [-0.4, -0.2) is 33.7 Å². The number of nitrogens with one attached hydrogen (secondary N) is 1. The Morgan fingerprint density at radius 2 is 1.81 bits per heavy atom. The summed E-state index contributed by atoms with van der Waals surface area (Å²) in [5.74, 6) is -0.987. The van der Waals surface area contributed by atoms with E-state index in [0.717, 1.165) is 44.3 Å². The second kappa shape index (κ2) is 7.86. The normalized spacial score (nSPS) is 14.9. The zero-order chi connectivity index (χ0) is 19.6. The Balaban J connectivity index is 1.91. The number of piperidine rings is 1. The molecule has 0 spiro atoms. The van der Waals surface area contributed by atoms with Gasteiger partial charge in [0, 0.05) is 24.9 Å². The number of sulfone groups is 1. The van der Waals surface area contributed by atoms with E-state index in [9.17, 15) is 17.6 Å². The summed E-state index contributed by atoms with van der Waals surface area (Å²) in [6.07, 6.45) is 4.26. The lowest BCUT2D eigenvalue weighted by Gasteiger charge is -2.30. The number of hydrogen-bond donors (Lipinski definition) is 1. The lowest BCUT2D eigenvalue weighted by Crippen LogP contribution is -2.30. The summed E-state index contributed by atoms with van der Waals surface area (Å²) < 4.78 is 37.4. The van der Waals surface area contributed by atoms with Gasteiger partial charge >= 0.3 is 0 Å². The molecule has 1 aliphatic heterocycles. The van der Waals surface area contributed by atoms with Crippen LogP contribution in [0.4, 0.5) is 15.8 Å². The molecule has 2 aromatic carbocycles. The minimum absolute atomic E-state index is 0.0498. The monoisotopic (exact) mass is 410 g/mol. The molecule has 8 heteroatoms. The molecule has 5 nitrogen and oxygen atoms in total. The number of amides is 1. The van der Waals surface area contributed by atoms with Crippen LogP contribution in [0, 0.1) is 5.82 Å². The first kappa shape index (κ1) is 19.6. The minimum atomic E-state index is -3.57. The highest BCUT2D eigenvalue weighted by Gasteiger charge is 2.19. The van der Waals surface area contributed by atoms with Crippen LogP contribution >= 0.6 is 11.6 Å². The summed E-state index contributed by atoms with van der Waals surface area (Å²) in [5, 5.41) is 2.75. The van der Waals surface area contributed by atoms with Gasteiger partial charge < -0.3 is 10.2 Å². The first-order valence-electron chi connectivity index (χ1n) is 8.61.